The molecule has 0 bridgehead atoms. The molecule has 1 aromatic rings. The summed E-state index contributed by atoms with van der Waals surface area (Å²) in [5.41, 5.74) is 0.673. The third-order valence-corrected chi connectivity index (χ3v) is 2.19. The average Bonchev–Trinajstić information content (AvgIpc) is 2.27. The molecule has 0 atom stereocenters. The Morgan fingerprint density at radius 2 is 2.18 bits per heavy atom. The van der Waals surface area contributed by atoms with Gasteiger partial charge in [0.05, 0.1) is 13.5 Å². The van der Waals surface area contributed by atoms with Crippen LogP contribution in [-0.4, -0.2) is 19.0 Å². The van der Waals surface area contributed by atoms with E-state index in [2.05, 4.69) is 16.6 Å². The summed E-state index contributed by atoms with van der Waals surface area (Å²) < 4.78 is 4.44. The Kier molecular flexibility index (Phi) is 4.72. The normalized spacial score (nSPS) is 9.53. The van der Waals surface area contributed by atoms with E-state index in [1.54, 1.807) is 24.3 Å². The summed E-state index contributed by atoms with van der Waals surface area (Å²) in [7, 11) is 1.24. The van der Waals surface area contributed by atoms with E-state index in [-0.39, 0.29) is 17.9 Å². The minimum atomic E-state index is -0.591. The fraction of sp³-hybridized carbons (Fsp3) is 0.167. The number of nitrogens with one attached hydrogen (secondary N) is 1. The molecular weight excluding hydrogens is 242 g/mol. The van der Waals surface area contributed by atoms with Crippen molar-refractivity contribution in [2.24, 2.45) is 0 Å². The van der Waals surface area contributed by atoms with Crippen molar-refractivity contribution in [3.63, 3.8) is 0 Å². The maximum atomic E-state index is 11.5. The van der Waals surface area contributed by atoms with Crippen LogP contribution in [0.2, 0.25) is 5.02 Å². The monoisotopic (exact) mass is 253 g/mol. The highest BCUT2D eigenvalue weighted by molar-refractivity contribution is 6.30. The molecule has 0 aromatic heterocycles. The highest BCUT2D eigenvalue weighted by Crippen LogP contribution is 2.15. The molecule has 0 unspecified atom stereocenters. The van der Waals surface area contributed by atoms with Crippen LogP contribution in [0.25, 0.3) is 0 Å². The van der Waals surface area contributed by atoms with Gasteiger partial charge >= 0.3 is 5.97 Å². The number of benzene rings is 1. The number of ether oxygens (including phenoxy) is 1. The largest absolute Gasteiger partial charge is 0.466 e. The van der Waals surface area contributed by atoms with Crippen molar-refractivity contribution in [1.29, 1.82) is 0 Å². The molecule has 1 aromatic carbocycles. The van der Waals surface area contributed by atoms with Crippen LogP contribution >= 0.6 is 11.6 Å². The number of rotatable bonds is 4. The second-order valence-electron chi connectivity index (χ2n) is 3.33. The molecule has 1 N–H and O–H groups in total. The number of amides is 1. The fourth-order valence-electron chi connectivity index (χ4n) is 1.18. The molecule has 1 amide bonds. The third-order valence-electron chi connectivity index (χ3n) is 1.96. The summed E-state index contributed by atoms with van der Waals surface area (Å²) in [5.74, 6) is -0.936. The van der Waals surface area contributed by atoms with Crippen LogP contribution < -0.4 is 5.32 Å². The first-order valence-electron chi connectivity index (χ1n) is 4.84. The molecular formula is C12H12ClNO3. The second kappa shape index (κ2) is 6.06. The molecule has 1 rings (SSSR count). The first-order chi connectivity index (χ1) is 8.02. The Labute approximate surface area is 104 Å². The topological polar surface area (TPSA) is 55.4 Å². The third kappa shape index (κ3) is 4.28. The van der Waals surface area contributed by atoms with E-state index >= 15 is 0 Å². The van der Waals surface area contributed by atoms with Crippen LogP contribution in [0.15, 0.2) is 36.4 Å². The number of methoxy groups -OCH3 is 1. The van der Waals surface area contributed by atoms with Gasteiger partial charge in [-0.1, -0.05) is 24.2 Å². The van der Waals surface area contributed by atoms with Gasteiger partial charge in [0.2, 0.25) is 5.91 Å². The van der Waals surface area contributed by atoms with Gasteiger partial charge in [-0.05, 0) is 18.2 Å². The first kappa shape index (κ1) is 13.3. The quantitative estimate of drug-likeness (QED) is 0.662. The van der Waals surface area contributed by atoms with Gasteiger partial charge in [-0.25, -0.2) is 4.79 Å². The van der Waals surface area contributed by atoms with Crippen molar-refractivity contribution < 1.29 is 14.3 Å². The molecule has 4 nitrogen and oxygen atoms in total. The van der Waals surface area contributed by atoms with Gasteiger partial charge in [-0.15, -0.1) is 0 Å². The van der Waals surface area contributed by atoms with E-state index in [0.29, 0.717) is 10.7 Å². The number of hydrogen-bond acceptors (Lipinski definition) is 3. The van der Waals surface area contributed by atoms with Crippen LogP contribution in [-0.2, 0) is 14.3 Å². The number of carbonyl (C=O) groups excluding carboxylic acids is 2. The standard InChI is InChI=1S/C12H12ClNO3/c1-8(12(16)17-2)6-11(15)14-10-5-3-4-9(13)7-10/h3-5,7H,1,6H2,2H3,(H,14,15). The Hall–Kier alpha value is -1.81. The molecule has 17 heavy (non-hydrogen) atoms. The van der Waals surface area contributed by atoms with Crippen LogP contribution in [0.1, 0.15) is 6.42 Å². The van der Waals surface area contributed by atoms with Crippen molar-refractivity contribution in [2.75, 3.05) is 12.4 Å². The number of anilines is 1. The van der Waals surface area contributed by atoms with Crippen LogP contribution in [0, 0.1) is 0 Å². The summed E-state index contributed by atoms with van der Waals surface area (Å²) in [6.07, 6.45) is -0.112. The molecule has 5 heteroatoms. The fourth-order valence-corrected chi connectivity index (χ4v) is 1.37. The van der Waals surface area contributed by atoms with Gasteiger partial charge in [0.15, 0.2) is 0 Å². The van der Waals surface area contributed by atoms with E-state index in [1.807, 2.05) is 0 Å². The zero-order chi connectivity index (χ0) is 12.8. The maximum Gasteiger partial charge on any atom is 0.333 e. The van der Waals surface area contributed by atoms with Crippen molar-refractivity contribution in [3.8, 4) is 0 Å². The molecule has 0 radical (unpaired) electrons. The number of halogens is 1. The minimum Gasteiger partial charge on any atom is -0.466 e. The van der Waals surface area contributed by atoms with Gasteiger partial charge in [-0.2, -0.15) is 0 Å². The Morgan fingerprint density at radius 1 is 1.47 bits per heavy atom. The lowest BCUT2D eigenvalue weighted by molar-refractivity contribution is -0.137. The highest BCUT2D eigenvalue weighted by Gasteiger charge is 2.11. The Morgan fingerprint density at radius 3 is 2.76 bits per heavy atom. The SMILES string of the molecule is C=C(CC(=O)Nc1cccc(Cl)c1)C(=O)OC. The van der Waals surface area contributed by atoms with Gasteiger partial charge in [0.25, 0.3) is 0 Å². The smallest absolute Gasteiger partial charge is 0.333 e. The predicted molar refractivity (Wildman–Crippen MR) is 65.9 cm³/mol. The first-order valence-corrected chi connectivity index (χ1v) is 5.22. The lowest BCUT2D eigenvalue weighted by atomic mass is 10.2. The molecule has 0 aliphatic heterocycles. The van der Waals surface area contributed by atoms with Crippen LogP contribution in [0.3, 0.4) is 0 Å². The van der Waals surface area contributed by atoms with Crippen molar-refractivity contribution in [3.05, 3.63) is 41.4 Å². The summed E-state index contributed by atoms with van der Waals surface area (Å²) in [4.78, 5) is 22.6. The molecule has 0 heterocycles. The van der Waals surface area contributed by atoms with Gasteiger partial charge in [0.1, 0.15) is 0 Å². The van der Waals surface area contributed by atoms with Crippen LogP contribution in [0.5, 0.6) is 0 Å². The molecule has 0 aliphatic carbocycles. The molecule has 0 fully saturated rings. The summed E-state index contributed by atoms with van der Waals surface area (Å²) in [6, 6.07) is 6.72. The molecule has 0 spiro atoms. The van der Waals surface area contributed by atoms with E-state index in [4.69, 9.17) is 11.6 Å². The predicted octanol–water partition coefficient (Wildman–Crippen LogP) is 2.40. The molecule has 0 aliphatic rings. The molecule has 0 saturated heterocycles. The molecule has 90 valence electrons. The zero-order valence-electron chi connectivity index (χ0n) is 9.33. The lowest BCUT2D eigenvalue weighted by Gasteiger charge is -2.06. The lowest BCUT2D eigenvalue weighted by Crippen LogP contribution is -2.15. The van der Waals surface area contributed by atoms with E-state index in [0.717, 1.165) is 0 Å². The number of carbonyl (C=O) groups is 2. The highest BCUT2D eigenvalue weighted by atomic mass is 35.5. The molecule has 0 saturated carbocycles. The maximum absolute atomic E-state index is 11.5. The van der Waals surface area contributed by atoms with Gasteiger partial charge < -0.3 is 10.1 Å². The minimum absolute atomic E-state index is 0.104. The van der Waals surface area contributed by atoms with Gasteiger partial charge in [0, 0.05) is 16.3 Å². The Balaban J connectivity index is 2.56. The number of esters is 1. The van der Waals surface area contributed by atoms with Crippen molar-refractivity contribution in [2.45, 2.75) is 6.42 Å². The van der Waals surface area contributed by atoms with E-state index in [1.165, 1.54) is 7.11 Å². The van der Waals surface area contributed by atoms with Crippen molar-refractivity contribution in [1.82, 2.24) is 0 Å². The second-order valence-corrected chi connectivity index (χ2v) is 3.77. The summed E-state index contributed by atoms with van der Waals surface area (Å²) in [5, 5.41) is 3.12. The summed E-state index contributed by atoms with van der Waals surface area (Å²) >= 11 is 5.76. The Bertz CT molecular complexity index is 457. The van der Waals surface area contributed by atoms with E-state index < -0.39 is 5.97 Å². The van der Waals surface area contributed by atoms with Crippen molar-refractivity contribution >= 4 is 29.2 Å². The number of hydrogen-bond donors (Lipinski definition) is 1. The average molecular weight is 254 g/mol. The van der Waals surface area contributed by atoms with E-state index in [9.17, 15) is 9.59 Å². The van der Waals surface area contributed by atoms with Crippen LogP contribution in [0.4, 0.5) is 5.69 Å². The van der Waals surface area contributed by atoms with Gasteiger partial charge in [-0.3, -0.25) is 4.79 Å². The zero-order valence-corrected chi connectivity index (χ0v) is 10.1. The summed E-state index contributed by atoms with van der Waals surface area (Å²) in [6.45, 7) is 3.46.